The molecule has 0 aromatic heterocycles. The monoisotopic (exact) mass is 375 g/mol. The van der Waals surface area contributed by atoms with Crippen LogP contribution in [-0.2, 0) is 0 Å². The van der Waals surface area contributed by atoms with Gasteiger partial charge in [-0.2, -0.15) is 13.2 Å². The van der Waals surface area contributed by atoms with E-state index in [0.29, 0.717) is 17.1 Å². The quantitative estimate of drug-likeness (QED) is 0.450. The van der Waals surface area contributed by atoms with E-state index < -0.39 is 35.1 Å². The highest BCUT2D eigenvalue weighted by Gasteiger charge is 2.47. The summed E-state index contributed by atoms with van der Waals surface area (Å²) in [6.45, 7) is 0.835. The molecule has 1 atom stereocenters. The van der Waals surface area contributed by atoms with Crippen LogP contribution in [0.4, 0.5) is 36.4 Å². The largest absolute Gasteiger partial charge is 0.433 e. The van der Waals surface area contributed by atoms with Gasteiger partial charge in [0.2, 0.25) is 5.79 Å². The van der Waals surface area contributed by atoms with Crippen molar-refractivity contribution in [2.75, 3.05) is 5.01 Å². The number of alkyl halides is 4. The zero-order valence-corrected chi connectivity index (χ0v) is 13.1. The predicted molar refractivity (Wildman–Crippen MR) is 79.7 cm³/mol. The molecule has 0 fully saturated rings. The average molecular weight is 375 g/mol. The van der Waals surface area contributed by atoms with Crippen LogP contribution in [0, 0.1) is 23.5 Å². The fourth-order valence-electron chi connectivity index (χ4n) is 2.57. The first-order chi connectivity index (χ1) is 12.0. The Hall–Kier alpha value is -2.71. The van der Waals surface area contributed by atoms with Crippen LogP contribution in [0.25, 0.3) is 11.1 Å². The summed E-state index contributed by atoms with van der Waals surface area (Å²) in [6.07, 6.45) is -3.21. The maximum atomic E-state index is 14.7. The normalized spacial score (nSPS) is 20.2. The molecule has 26 heavy (non-hydrogen) atoms. The molecule has 2 aromatic carbocycles. The van der Waals surface area contributed by atoms with Gasteiger partial charge in [0.15, 0.2) is 17.5 Å². The lowest BCUT2D eigenvalue weighted by Crippen LogP contribution is -2.46. The molecule has 137 valence electrons. The van der Waals surface area contributed by atoms with Crippen molar-refractivity contribution < 1.29 is 30.7 Å². The second-order valence-electron chi connectivity index (χ2n) is 5.67. The van der Waals surface area contributed by atoms with Crippen molar-refractivity contribution in [2.24, 2.45) is 0 Å². The minimum Gasteiger partial charge on any atom is -0.290 e. The van der Waals surface area contributed by atoms with E-state index in [2.05, 4.69) is 0 Å². The molecule has 1 aliphatic heterocycles. The van der Waals surface area contributed by atoms with Gasteiger partial charge in [0, 0.05) is 5.56 Å². The number of nitrogens with zero attached hydrogens (tertiary/aromatic N) is 1. The lowest BCUT2D eigenvalue weighted by atomic mass is 10.0. The van der Waals surface area contributed by atoms with Crippen LogP contribution in [0.15, 0.2) is 42.1 Å². The Morgan fingerprint density at radius 2 is 1.62 bits per heavy atom. The van der Waals surface area contributed by atoms with Crippen molar-refractivity contribution in [2.45, 2.75) is 18.9 Å². The van der Waals surface area contributed by atoms with Crippen molar-refractivity contribution >= 4 is 5.69 Å². The molecule has 1 heterocycles. The Morgan fingerprint density at radius 3 is 2.15 bits per heavy atom. The van der Waals surface area contributed by atoms with E-state index in [1.807, 2.05) is 5.43 Å². The molecule has 1 N–H and O–H groups in total. The van der Waals surface area contributed by atoms with Crippen LogP contribution in [0.2, 0.25) is 0 Å². The lowest BCUT2D eigenvalue weighted by molar-refractivity contribution is -0.0962. The molecule has 0 bridgehead atoms. The van der Waals surface area contributed by atoms with Gasteiger partial charge < -0.3 is 0 Å². The van der Waals surface area contributed by atoms with Crippen molar-refractivity contribution in [1.29, 1.82) is 0 Å². The minimum absolute atomic E-state index is 0.00750. The van der Waals surface area contributed by atoms with Gasteiger partial charge >= 0.3 is 6.18 Å². The molecular weight excluding hydrogens is 365 g/mol. The third-order valence-electron chi connectivity index (χ3n) is 3.72. The number of benzene rings is 2. The van der Waals surface area contributed by atoms with Gasteiger partial charge in [0.25, 0.3) is 0 Å². The minimum atomic E-state index is -4.87. The SMILES string of the molecule is CC1(F)[C]=C(C(F)(F)F)NN1c1ccccc1-c1cc(F)c(F)c(F)c1. The summed E-state index contributed by atoms with van der Waals surface area (Å²) in [6, 6.07) is 6.74. The molecule has 0 aliphatic carbocycles. The molecule has 2 nitrogen and oxygen atoms in total. The van der Waals surface area contributed by atoms with E-state index in [4.69, 9.17) is 0 Å². The van der Waals surface area contributed by atoms with Gasteiger partial charge in [0.05, 0.1) is 11.8 Å². The van der Waals surface area contributed by atoms with E-state index in [1.54, 1.807) is 6.08 Å². The summed E-state index contributed by atoms with van der Waals surface area (Å²) in [7, 11) is 0. The van der Waals surface area contributed by atoms with E-state index in [9.17, 15) is 30.7 Å². The third-order valence-corrected chi connectivity index (χ3v) is 3.72. The number of allylic oxidation sites excluding steroid dienone is 1. The van der Waals surface area contributed by atoms with Gasteiger partial charge in [-0.1, -0.05) is 18.2 Å². The topological polar surface area (TPSA) is 15.3 Å². The summed E-state index contributed by atoms with van der Waals surface area (Å²) < 4.78 is 93.5. The summed E-state index contributed by atoms with van der Waals surface area (Å²) >= 11 is 0. The number of nitrogens with one attached hydrogen (secondary N) is 1. The Balaban J connectivity index is 2.10. The third kappa shape index (κ3) is 3.09. The van der Waals surface area contributed by atoms with Gasteiger partial charge in [-0.25, -0.2) is 22.6 Å². The summed E-state index contributed by atoms with van der Waals surface area (Å²) in [5, 5.41) is 0.532. The first-order valence-electron chi connectivity index (χ1n) is 7.23. The highest BCUT2D eigenvalue weighted by Crippen LogP contribution is 2.40. The summed E-state index contributed by atoms with van der Waals surface area (Å²) in [4.78, 5) is 0. The van der Waals surface area contributed by atoms with Gasteiger partial charge in [0.1, 0.15) is 5.70 Å². The maximum Gasteiger partial charge on any atom is 0.433 e. The molecule has 1 aliphatic rings. The number of hydrogen-bond donors (Lipinski definition) is 1. The molecule has 0 saturated heterocycles. The van der Waals surface area contributed by atoms with Gasteiger partial charge in [-0.3, -0.25) is 5.43 Å². The molecule has 1 unspecified atom stereocenters. The van der Waals surface area contributed by atoms with E-state index >= 15 is 0 Å². The Morgan fingerprint density at radius 1 is 1.04 bits per heavy atom. The number of para-hydroxylation sites is 1. The molecule has 9 heteroatoms. The summed E-state index contributed by atoms with van der Waals surface area (Å²) in [5.74, 6) is -7.34. The summed E-state index contributed by atoms with van der Waals surface area (Å²) in [5.41, 5.74) is 0.107. The van der Waals surface area contributed by atoms with Crippen LogP contribution in [0.5, 0.6) is 0 Å². The van der Waals surface area contributed by atoms with Crippen LogP contribution in [-0.4, -0.2) is 12.0 Å². The van der Waals surface area contributed by atoms with Crippen molar-refractivity contribution in [3.63, 3.8) is 0 Å². The number of anilines is 1. The van der Waals surface area contributed by atoms with E-state index in [0.717, 1.165) is 6.92 Å². The smallest absolute Gasteiger partial charge is 0.290 e. The number of halogens is 7. The number of rotatable bonds is 2. The zero-order valence-electron chi connectivity index (χ0n) is 13.1. The molecule has 0 saturated carbocycles. The Bertz CT molecular complexity index is 864. The number of hydrazine groups is 1. The van der Waals surface area contributed by atoms with Crippen LogP contribution < -0.4 is 10.4 Å². The van der Waals surface area contributed by atoms with Gasteiger partial charge in [-0.05, 0) is 30.7 Å². The van der Waals surface area contributed by atoms with Gasteiger partial charge in [-0.15, -0.1) is 0 Å². The fraction of sp³-hybridized carbons (Fsp3) is 0.176. The van der Waals surface area contributed by atoms with Crippen LogP contribution >= 0.6 is 0 Å². The highest BCUT2D eigenvalue weighted by atomic mass is 19.4. The molecule has 1 radical (unpaired) electrons. The van der Waals surface area contributed by atoms with E-state index in [-0.39, 0.29) is 16.8 Å². The second kappa shape index (κ2) is 5.93. The van der Waals surface area contributed by atoms with Crippen molar-refractivity contribution in [3.8, 4) is 11.1 Å². The standard InChI is InChI=1S/C17H10F7N2/c1-16(21)8-14(17(22,23)24)25-26(16)13-5-3-2-4-10(13)9-6-11(18)15(20)12(19)7-9/h2-7,25H,1H3. The zero-order chi connectivity index (χ0) is 19.3. The lowest BCUT2D eigenvalue weighted by Gasteiger charge is -2.31. The Kier molecular flexibility index (Phi) is 4.12. The van der Waals surface area contributed by atoms with E-state index in [1.165, 1.54) is 24.3 Å². The second-order valence-corrected chi connectivity index (χ2v) is 5.67. The Labute approximate surface area is 143 Å². The molecule has 2 aromatic rings. The molecule has 0 spiro atoms. The maximum absolute atomic E-state index is 14.7. The average Bonchev–Trinajstić information content (AvgIpc) is 2.87. The predicted octanol–water partition coefficient (Wildman–Crippen LogP) is 5.03. The molecule has 3 rings (SSSR count). The molecular formula is C17H10F7N2. The highest BCUT2D eigenvalue weighted by molar-refractivity contribution is 5.79. The fourth-order valence-corrected chi connectivity index (χ4v) is 2.57. The first-order valence-corrected chi connectivity index (χ1v) is 7.23. The van der Waals surface area contributed by atoms with Crippen molar-refractivity contribution in [3.05, 3.63) is 65.6 Å². The molecule has 0 amide bonds. The first kappa shape index (κ1) is 18.1. The van der Waals surface area contributed by atoms with Crippen LogP contribution in [0.3, 0.4) is 0 Å². The van der Waals surface area contributed by atoms with Crippen LogP contribution in [0.1, 0.15) is 6.92 Å². The number of hydrogen-bond acceptors (Lipinski definition) is 2. The van der Waals surface area contributed by atoms with Crippen molar-refractivity contribution in [1.82, 2.24) is 5.43 Å².